The van der Waals surface area contributed by atoms with Crippen molar-refractivity contribution in [3.8, 4) is 0 Å². The van der Waals surface area contributed by atoms with Gasteiger partial charge in [0.2, 0.25) is 6.85 Å². The average molecular weight is 278 g/mol. The molecule has 2 saturated heterocycles. The maximum absolute atomic E-state index is 4.23. The van der Waals surface area contributed by atoms with E-state index in [0.29, 0.717) is 17.2 Å². The SMILES string of the molecule is CB(C)[CH2][Al]1[CH2][Si]2([NH]1)C(C)(C)N(B(C)C)C2(C)C. The van der Waals surface area contributed by atoms with E-state index in [1.165, 1.54) is 5.18 Å². The number of nitrogens with zero attached hydrogens (tertiary/aromatic N) is 1. The molecule has 2 aliphatic rings. The highest BCUT2D eigenvalue weighted by atomic mass is 28.4. The molecule has 0 unspecified atom stereocenters. The Morgan fingerprint density at radius 3 is 1.89 bits per heavy atom. The van der Waals surface area contributed by atoms with E-state index in [-0.39, 0.29) is 0 Å². The van der Waals surface area contributed by atoms with Gasteiger partial charge in [-0.15, -0.1) is 5.18 Å². The van der Waals surface area contributed by atoms with Crippen molar-refractivity contribution < 1.29 is 0 Å². The number of rotatable bonds is 3. The summed E-state index contributed by atoms with van der Waals surface area (Å²) >= 11 is -0.588. The Morgan fingerprint density at radius 1 is 1.11 bits per heavy atom. The van der Waals surface area contributed by atoms with Crippen LogP contribution in [0.5, 0.6) is 0 Å². The van der Waals surface area contributed by atoms with Crippen molar-refractivity contribution in [3.05, 3.63) is 0 Å². The Bertz CT molecular complexity index is 323. The van der Waals surface area contributed by atoms with E-state index in [0.717, 1.165) is 6.71 Å². The van der Waals surface area contributed by atoms with Crippen LogP contribution in [-0.2, 0) is 0 Å². The van der Waals surface area contributed by atoms with E-state index in [4.69, 9.17) is 0 Å². The molecule has 1 spiro atoms. The van der Waals surface area contributed by atoms with Crippen LogP contribution in [0.2, 0.25) is 37.4 Å². The third-order valence-electron chi connectivity index (χ3n) is 5.57. The van der Waals surface area contributed by atoms with Gasteiger partial charge in [-0.25, -0.2) is 0 Å². The molecule has 0 aromatic carbocycles. The van der Waals surface area contributed by atoms with Gasteiger partial charge in [-0.2, -0.15) is 0 Å². The molecule has 0 radical (unpaired) electrons. The van der Waals surface area contributed by atoms with Crippen LogP contribution in [0.1, 0.15) is 27.7 Å². The lowest BCUT2D eigenvalue weighted by molar-refractivity contribution is 0.127. The standard InChI is InChI=1S/C9H21BN2Si.C3H8B.Al/c1-8(2)12(10(5)6)9(3,4)13(8,7)11;1-4(2)3;/h11H,7H2,1-6H3;1H2,2-3H3;/q-1;;+1. The topological polar surface area (TPSA) is 15.3 Å². The highest BCUT2D eigenvalue weighted by molar-refractivity contribution is 7.09. The molecule has 2 rings (SSSR count). The van der Waals surface area contributed by atoms with E-state index in [1.54, 1.807) is 4.91 Å². The Morgan fingerprint density at radius 2 is 1.56 bits per heavy atom. The summed E-state index contributed by atoms with van der Waals surface area (Å²) in [7, 11) is -1.26. The Kier molecular flexibility index (Phi) is 3.71. The van der Waals surface area contributed by atoms with Crippen LogP contribution in [0, 0.1) is 0 Å². The average Bonchev–Trinajstić information content (AvgIpc) is 2.06. The summed E-state index contributed by atoms with van der Waals surface area (Å²) in [6.07, 6.45) is 0. The summed E-state index contributed by atoms with van der Waals surface area (Å²) in [5, 5.41) is 2.39. The van der Waals surface area contributed by atoms with Gasteiger partial charge < -0.3 is 8.78 Å². The van der Waals surface area contributed by atoms with Crippen molar-refractivity contribution in [3.63, 3.8) is 0 Å². The van der Waals surface area contributed by atoms with E-state index >= 15 is 0 Å². The fourth-order valence-electron chi connectivity index (χ4n) is 5.36. The third kappa shape index (κ3) is 1.76. The summed E-state index contributed by atoms with van der Waals surface area (Å²) in [6.45, 7) is 21.0. The van der Waals surface area contributed by atoms with Crippen LogP contribution in [-0.4, -0.2) is 51.3 Å². The smallest absolute Gasteiger partial charge is 0.353 e. The van der Waals surface area contributed by atoms with Crippen molar-refractivity contribution in [2.75, 3.05) is 0 Å². The number of nitrogens with one attached hydrogen (secondary N) is 1. The molecule has 2 aliphatic heterocycles. The lowest BCUT2D eigenvalue weighted by Gasteiger charge is -2.80. The van der Waals surface area contributed by atoms with Gasteiger partial charge in [0, 0.05) is 10.3 Å². The van der Waals surface area contributed by atoms with Crippen LogP contribution in [0.25, 0.3) is 0 Å². The van der Waals surface area contributed by atoms with E-state index in [2.05, 4.69) is 63.8 Å². The first-order chi connectivity index (χ1) is 8.06. The minimum absolute atomic E-state index is 0.450. The summed E-state index contributed by atoms with van der Waals surface area (Å²) in [6, 6.07) is 0. The highest BCUT2D eigenvalue weighted by Gasteiger charge is 2.76. The third-order valence-corrected chi connectivity index (χ3v) is 19.8. The van der Waals surface area contributed by atoms with E-state index in [9.17, 15) is 0 Å². The summed E-state index contributed by atoms with van der Waals surface area (Å²) in [5.41, 5.74) is 0. The lowest BCUT2D eigenvalue weighted by Crippen LogP contribution is -3.03. The first kappa shape index (κ1) is 15.2. The molecule has 0 saturated carbocycles. The van der Waals surface area contributed by atoms with Gasteiger partial charge in [-0.3, -0.25) is 0 Å². The van der Waals surface area contributed by atoms with Gasteiger partial charge in [0.15, 0.2) is 0 Å². The molecule has 6 heteroatoms. The molecular formula is C12H29AlB2N2Si. The molecule has 0 bridgehead atoms. The van der Waals surface area contributed by atoms with Crippen molar-refractivity contribution in [1.82, 2.24) is 8.78 Å². The second kappa shape index (κ2) is 4.40. The van der Waals surface area contributed by atoms with Crippen molar-refractivity contribution in [2.45, 2.75) is 75.4 Å². The molecule has 2 heterocycles. The lowest BCUT2D eigenvalue weighted by atomic mass is 9.57. The second-order valence-electron chi connectivity index (χ2n) is 8.16. The van der Waals surface area contributed by atoms with Gasteiger partial charge in [0.25, 0.3) is 0 Å². The predicted octanol–water partition coefficient (Wildman–Crippen LogP) is 2.56. The van der Waals surface area contributed by atoms with Gasteiger partial charge in [-0.1, -0.05) is 32.2 Å². The van der Waals surface area contributed by atoms with Crippen LogP contribution in [0.15, 0.2) is 0 Å². The molecule has 0 atom stereocenters. The largest absolute Gasteiger partial charge is 0.420 e. The van der Waals surface area contributed by atoms with Gasteiger partial charge in [-0.05, 0) is 27.7 Å². The molecule has 0 aromatic rings. The molecule has 18 heavy (non-hydrogen) atoms. The van der Waals surface area contributed by atoms with E-state index < -0.39 is 22.6 Å². The minimum Gasteiger partial charge on any atom is -0.420 e. The van der Waals surface area contributed by atoms with Crippen molar-refractivity contribution in [2.24, 2.45) is 0 Å². The Balaban J connectivity index is 2.12. The zero-order chi connectivity index (χ0) is 13.9. The van der Waals surface area contributed by atoms with Gasteiger partial charge >= 0.3 is 14.4 Å². The van der Waals surface area contributed by atoms with Crippen LogP contribution in [0.4, 0.5) is 0 Å². The maximum Gasteiger partial charge on any atom is 0.353 e. The minimum atomic E-state index is -1.26. The van der Waals surface area contributed by atoms with Crippen LogP contribution < -0.4 is 3.97 Å². The maximum atomic E-state index is 4.23. The van der Waals surface area contributed by atoms with Crippen molar-refractivity contribution in [1.29, 1.82) is 0 Å². The summed E-state index contributed by atoms with van der Waals surface area (Å²) in [4.78, 5) is 4.38. The van der Waals surface area contributed by atoms with E-state index in [1.807, 2.05) is 0 Å². The van der Waals surface area contributed by atoms with Crippen molar-refractivity contribution >= 4 is 36.2 Å². The fourth-order valence-corrected chi connectivity index (χ4v) is 23.3. The number of hydrogen-bond donors (Lipinski definition) is 1. The molecule has 0 aromatic heterocycles. The predicted molar refractivity (Wildman–Crippen MR) is 89.2 cm³/mol. The second-order valence-corrected chi connectivity index (χ2v) is 17.1. The van der Waals surface area contributed by atoms with Crippen LogP contribution >= 0.6 is 0 Å². The zero-order valence-electron chi connectivity index (χ0n) is 13.6. The first-order valence-electron chi connectivity index (χ1n) is 7.63. The molecule has 0 amide bonds. The first-order valence-corrected chi connectivity index (χ1v) is 12.0. The monoisotopic (exact) mass is 278 g/mol. The Hall–Kier alpha value is 0.799. The van der Waals surface area contributed by atoms with Gasteiger partial charge in [0.1, 0.15) is 14.9 Å². The summed E-state index contributed by atoms with van der Waals surface area (Å²) in [5.74, 6) is 0. The molecule has 2 fully saturated rings. The molecule has 2 nitrogen and oxygen atoms in total. The Labute approximate surface area is 120 Å². The molecule has 0 aliphatic carbocycles. The summed E-state index contributed by atoms with van der Waals surface area (Å²) < 4.78 is 4.23. The number of hydrogen-bond acceptors (Lipinski definition) is 2. The molecule has 1 N–H and O–H groups in total. The zero-order valence-corrected chi connectivity index (χ0v) is 15.7. The quantitative estimate of drug-likeness (QED) is 0.798. The molecular weight excluding hydrogens is 249 g/mol. The van der Waals surface area contributed by atoms with Crippen LogP contribution in [0.3, 0.4) is 0 Å². The highest BCUT2D eigenvalue weighted by Crippen LogP contribution is 2.55. The van der Waals surface area contributed by atoms with Gasteiger partial charge in [0.05, 0.1) is 0 Å². The normalized spacial score (nSPS) is 27.7. The fraction of sp³-hybridized carbons (Fsp3) is 1.00. The molecule has 100 valence electrons.